The standard InChI is InChI=1S/C13H18BrFN4/c14-9-6-7-12(11(15)8-9)18-13(19-16)17-10-4-2-1-3-5-10/h6-8,10H,1-5,16H2,(H2,17,18,19). The molecule has 1 aliphatic rings. The molecule has 1 saturated carbocycles. The molecule has 0 aromatic heterocycles. The van der Waals surface area contributed by atoms with E-state index in [1.54, 1.807) is 12.1 Å². The largest absolute Gasteiger partial charge is 0.323 e. The summed E-state index contributed by atoms with van der Waals surface area (Å²) < 4.78 is 14.4. The lowest BCUT2D eigenvalue weighted by Crippen LogP contribution is -2.37. The Kier molecular flexibility index (Phi) is 5.15. The summed E-state index contributed by atoms with van der Waals surface area (Å²) in [5, 5.41) is 2.89. The third-order valence-electron chi connectivity index (χ3n) is 3.21. The van der Waals surface area contributed by atoms with Crippen molar-refractivity contribution in [3.63, 3.8) is 0 Å². The van der Waals surface area contributed by atoms with Gasteiger partial charge in [0.05, 0.1) is 11.7 Å². The summed E-state index contributed by atoms with van der Waals surface area (Å²) in [5.41, 5.74) is 2.86. The maximum absolute atomic E-state index is 13.7. The van der Waals surface area contributed by atoms with Gasteiger partial charge >= 0.3 is 0 Å². The van der Waals surface area contributed by atoms with Gasteiger partial charge in [-0.1, -0.05) is 35.2 Å². The summed E-state index contributed by atoms with van der Waals surface area (Å²) >= 11 is 3.22. The van der Waals surface area contributed by atoms with Crippen LogP contribution in [0.25, 0.3) is 0 Å². The van der Waals surface area contributed by atoms with Crippen LogP contribution >= 0.6 is 15.9 Å². The van der Waals surface area contributed by atoms with Crippen LogP contribution in [0.3, 0.4) is 0 Å². The van der Waals surface area contributed by atoms with Crippen LogP contribution in [0.5, 0.6) is 0 Å². The van der Waals surface area contributed by atoms with Gasteiger partial charge in [0.2, 0.25) is 5.96 Å². The number of nitrogens with two attached hydrogens (primary N) is 1. The molecule has 0 spiro atoms. The molecule has 0 saturated heterocycles. The lowest BCUT2D eigenvalue weighted by molar-refractivity contribution is 0.442. The number of guanidine groups is 1. The summed E-state index contributed by atoms with van der Waals surface area (Å²) in [6.45, 7) is 0. The van der Waals surface area contributed by atoms with Gasteiger partial charge in [-0.05, 0) is 31.0 Å². The molecule has 2 rings (SSSR count). The zero-order valence-electron chi connectivity index (χ0n) is 10.6. The Morgan fingerprint density at radius 3 is 2.68 bits per heavy atom. The molecule has 0 amide bonds. The first-order valence-corrected chi connectivity index (χ1v) is 7.25. The highest BCUT2D eigenvalue weighted by molar-refractivity contribution is 9.10. The topological polar surface area (TPSA) is 62.4 Å². The number of nitrogens with zero attached hydrogens (tertiary/aromatic N) is 1. The van der Waals surface area contributed by atoms with E-state index in [0.717, 1.165) is 12.8 Å². The predicted octanol–water partition coefficient (Wildman–Crippen LogP) is 3.15. The summed E-state index contributed by atoms with van der Waals surface area (Å²) in [6.07, 6.45) is 5.79. The molecule has 0 atom stereocenters. The molecule has 6 heteroatoms. The third kappa shape index (κ3) is 4.18. The molecular weight excluding hydrogens is 311 g/mol. The third-order valence-corrected chi connectivity index (χ3v) is 3.70. The Balaban J connectivity index is 2.07. The lowest BCUT2D eigenvalue weighted by Gasteiger charge is -2.19. The van der Waals surface area contributed by atoms with E-state index in [9.17, 15) is 4.39 Å². The van der Waals surface area contributed by atoms with Crippen LogP contribution < -0.4 is 16.6 Å². The van der Waals surface area contributed by atoms with Crippen molar-refractivity contribution in [3.05, 3.63) is 28.5 Å². The van der Waals surface area contributed by atoms with Crippen LogP contribution in [0.15, 0.2) is 27.7 Å². The molecule has 19 heavy (non-hydrogen) atoms. The second kappa shape index (κ2) is 6.86. The molecule has 0 heterocycles. The zero-order valence-corrected chi connectivity index (χ0v) is 12.2. The van der Waals surface area contributed by atoms with E-state index in [4.69, 9.17) is 5.84 Å². The predicted molar refractivity (Wildman–Crippen MR) is 79.4 cm³/mol. The molecule has 0 bridgehead atoms. The zero-order chi connectivity index (χ0) is 13.7. The normalized spacial score (nSPS) is 17.3. The second-order valence-corrected chi connectivity index (χ2v) is 5.58. The molecule has 1 aliphatic carbocycles. The fourth-order valence-electron chi connectivity index (χ4n) is 2.22. The number of halogens is 2. The van der Waals surface area contributed by atoms with Gasteiger partial charge in [0.25, 0.3) is 0 Å². The van der Waals surface area contributed by atoms with Crippen molar-refractivity contribution in [2.45, 2.75) is 38.1 Å². The van der Waals surface area contributed by atoms with Crippen molar-refractivity contribution in [2.24, 2.45) is 10.8 Å². The highest BCUT2D eigenvalue weighted by atomic mass is 79.9. The van der Waals surface area contributed by atoms with Gasteiger partial charge in [-0.15, -0.1) is 0 Å². The van der Waals surface area contributed by atoms with Crippen LogP contribution in [0.1, 0.15) is 32.1 Å². The van der Waals surface area contributed by atoms with E-state index in [1.165, 1.54) is 25.3 Å². The molecule has 4 nitrogen and oxygen atoms in total. The molecule has 1 fully saturated rings. The highest BCUT2D eigenvalue weighted by Crippen LogP contribution is 2.21. The lowest BCUT2D eigenvalue weighted by atomic mass is 9.96. The van der Waals surface area contributed by atoms with E-state index in [2.05, 4.69) is 31.7 Å². The van der Waals surface area contributed by atoms with Crippen molar-refractivity contribution in [2.75, 3.05) is 5.32 Å². The van der Waals surface area contributed by atoms with Gasteiger partial charge < -0.3 is 5.32 Å². The molecule has 1 aromatic carbocycles. The Bertz CT molecular complexity index is 458. The Labute approximate surface area is 120 Å². The smallest absolute Gasteiger partial charge is 0.210 e. The molecule has 1 aromatic rings. The van der Waals surface area contributed by atoms with Crippen molar-refractivity contribution < 1.29 is 4.39 Å². The number of rotatable bonds is 2. The number of aliphatic imine (C=N–C) groups is 1. The van der Waals surface area contributed by atoms with Crippen LogP contribution in [-0.4, -0.2) is 12.0 Å². The van der Waals surface area contributed by atoms with Gasteiger partial charge in [0.15, 0.2) is 0 Å². The van der Waals surface area contributed by atoms with E-state index in [1.807, 2.05) is 0 Å². The average Bonchev–Trinajstić information content (AvgIpc) is 2.42. The molecule has 4 N–H and O–H groups in total. The number of nitrogens with one attached hydrogen (secondary N) is 2. The maximum atomic E-state index is 13.7. The fraction of sp³-hybridized carbons (Fsp3) is 0.462. The Morgan fingerprint density at radius 2 is 2.05 bits per heavy atom. The molecule has 0 radical (unpaired) electrons. The van der Waals surface area contributed by atoms with Crippen LogP contribution in [-0.2, 0) is 0 Å². The number of hydrazine groups is 1. The first kappa shape index (κ1) is 14.3. The van der Waals surface area contributed by atoms with E-state index >= 15 is 0 Å². The summed E-state index contributed by atoms with van der Waals surface area (Å²) in [6, 6.07) is 5.08. The SMILES string of the molecule is NNC(=NC1CCCCC1)Nc1ccc(Br)cc1F. The van der Waals surface area contributed by atoms with Crippen LogP contribution in [0.2, 0.25) is 0 Å². The quantitative estimate of drug-likeness (QED) is 0.338. The van der Waals surface area contributed by atoms with Crippen LogP contribution in [0.4, 0.5) is 10.1 Å². The van der Waals surface area contributed by atoms with Gasteiger partial charge in [0, 0.05) is 4.47 Å². The van der Waals surface area contributed by atoms with E-state index in [0.29, 0.717) is 16.1 Å². The summed E-state index contributed by atoms with van der Waals surface area (Å²) in [5.74, 6) is 5.51. The Morgan fingerprint density at radius 1 is 1.32 bits per heavy atom. The minimum atomic E-state index is -0.346. The van der Waals surface area contributed by atoms with E-state index in [-0.39, 0.29) is 11.9 Å². The van der Waals surface area contributed by atoms with Crippen molar-refractivity contribution >= 4 is 27.6 Å². The number of hydrogen-bond donors (Lipinski definition) is 3. The van der Waals surface area contributed by atoms with Gasteiger partial charge in [0.1, 0.15) is 5.82 Å². The monoisotopic (exact) mass is 328 g/mol. The van der Waals surface area contributed by atoms with Crippen molar-refractivity contribution in [1.82, 2.24) is 5.43 Å². The summed E-state index contributed by atoms with van der Waals surface area (Å²) in [7, 11) is 0. The van der Waals surface area contributed by atoms with Crippen molar-refractivity contribution in [1.29, 1.82) is 0 Å². The highest BCUT2D eigenvalue weighted by Gasteiger charge is 2.13. The molecule has 104 valence electrons. The first-order chi connectivity index (χ1) is 9.19. The minimum absolute atomic E-state index is 0.269. The molecular formula is C13H18BrFN4. The minimum Gasteiger partial charge on any atom is -0.323 e. The summed E-state index contributed by atoms with van der Waals surface area (Å²) in [4.78, 5) is 4.50. The maximum Gasteiger partial charge on any atom is 0.210 e. The number of benzene rings is 1. The second-order valence-electron chi connectivity index (χ2n) is 4.66. The van der Waals surface area contributed by atoms with E-state index < -0.39 is 0 Å². The van der Waals surface area contributed by atoms with Gasteiger partial charge in [-0.25, -0.2) is 15.2 Å². The average molecular weight is 329 g/mol. The first-order valence-electron chi connectivity index (χ1n) is 6.45. The molecule has 0 aliphatic heterocycles. The van der Waals surface area contributed by atoms with Gasteiger partial charge in [-0.2, -0.15) is 0 Å². The van der Waals surface area contributed by atoms with Crippen LogP contribution in [0, 0.1) is 5.82 Å². The number of anilines is 1. The number of hydrogen-bond acceptors (Lipinski definition) is 2. The van der Waals surface area contributed by atoms with Crippen molar-refractivity contribution in [3.8, 4) is 0 Å². The Hall–Kier alpha value is -1.14. The van der Waals surface area contributed by atoms with Gasteiger partial charge in [-0.3, -0.25) is 5.43 Å². The fourth-order valence-corrected chi connectivity index (χ4v) is 2.55. The molecule has 0 unspecified atom stereocenters.